The number of likely N-dealkylation sites (N-methyl/N-ethyl adjacent to an activating group) is 1. The van der Waals surface area contributed by atoms with Gasteiger partial charge in [0.05, 0.1) is 6.20 Å². The number of halogens is 2. The summed E-state index contributed by atoms with van der Waals surface area (Å²) < 4.78 is 14.5. The molecule has 3 heterocycles. The average Bonchev–Trinajstić information content (AvgIpc) is 3.03. The van der Waals surface area contributed by atoms with Crippen LogP contribution in [0, 0.1) is 5.82 Å². The molecule has 0 saturated carbocycles. The number of anilines is 3. The van der Waals surface area contributed by atoms with Crippen molar-refractivity contribution < 1.29 is 9.18 Å². The fraction of sp³-hybridized carbons (Fsp3) is 0.346. The van der Waals surface area contributed by atoms with E-state index in [1.807, 2.05) is 17.0 Å². The van der Waals surface area contributed by atoms with Crippen LogP contribution in [0.1, 0.15) is 18.9 Å². The molecule has 5 rings (SSSR count). The highest BCUT2D eigenvalue weighted by Crippen LogP contribution is 2.31. The molecular formula is C26H28ClFN6O. The summed E-state index contributed by atoms with van der Waals surface area (Å²) in [5.41, 5.74) is 3.08. The zero-order valence-corrected chi connectivity index (χ0v) is 20.4. The molecule has 0 aliphatic carbocycles. The van der Waals surface area contributed by atoms with Gasteiger partial charge in [0.1, 0.15) is 11.5 Å². The molecule has 7 nitrogen and oxygen atoms in total. The summed E-state index contributed by atoms with van der Waals surface area (Å²) in [5.74, 6) is 0.639. The molecule has 1 fully saturated rings. The Morgan fingerprint density at radius 3 is 2.54 bits per heavy atom. The predicted molar refractivity (Wildman–Crippen MR) is 138 cm³/mol. The van der Waals surface area contributed by atoms with Gasteiger partial charge in [-0.3, -0.25) is 4.79 Å². The lowest BCUT2D eigenvalue weighted by molar-refractivity contribution is -0.115. The van der Waals surface area contributed by atoms with Gasteiger partial charge in [0.15, 0.2) is 11.6 Å². The Bertz CT molecular complexity index is 1210. The van der Waals surface area contributed by atoms with E-state index in [0.29, 0.717) is 34.5 Å². The van der Waals surface area contributed by atoms with E-state index in [-0.39, 0.29) is 24.7 Å². The average molecular weight is 495 g/mol. The lowest BCUT2D eigenvalue weighted by atomic mass is 10.1. The van der Waals surface area contributed by atoms with Gasteiger partial charge in [-0.15, -0.1) is 0 Å². The maximum absolute atomic E-state index is 14.5. The first kappa shape index (κ1) is 23.5. The SMILES string of the molecule is CCN1CCN(c2ccc(-c3ncc4c(n3)N(Cc3ccc(Cl)cc3F)CCC(=O)N4)cc2)CC1. The van der Waals surface area contributed by atoms with E-state index < -0.39 is 0 Å². The van der Waals surface area contributed by atoms with Crippen LogP contribution in [0.15, 0.2) is 48.7 Å². The van der Waals surface area contributed by atoms with Gasteiger partial charge in [-0.2, -0.15) is 0 Å². The van der Waals surface area contributed by atoms with Crippen LogP contribution in [0.4, 0.5) is 21.6 Å². The van der Waals surface area contributed by atoms with E-state index >= 15 is 0 Å². The molecule has 3 aromatic rings. The second-order valence-electron chi connectivity index (χ2n) is 8.85. The Balaban J connectivity index is 1.40. The maximum atomic E-state index is 14.5. The molecule has 0 bridgehead atoms. The topological polar surface area (TPSA) is 64.6 Å². The van der Waals surface area contributed by atoms with E-state index in [0.717, 1.165) is 38.3 Å². The fourth-order valence-electron chi connectivity index (χ4n) is 4.55. The molecule has 0 radical (unpaired) electrons. The summed E-state index contributed by atoms with van der Waals surface area (Å²) in [7, 11) is 0. The molecule has 9 heteroatoms. The van der Waals surface area contributed by atoms with E-state index in [1.54, 1.807) is 18.3 Å². The third-order valence-electron chi connectivity index (χ3n) is 6.64. The number of hydrogen-bond donors (Lipinski definition) is 1. The van der Waals surface area contributed by atoms with Gasteiger partial charge in [-0.05, 0) is 42.9 Å². The molecule has 1 N–H and O–H groups in total. The quantitative estimate of drug-likeness (QED) is 0.566. The first-order valence-corrected chi connectivity index (χ1v) is 12.3. The van der Waals surface area contributed by atoms with Crippen molar-refractivity contribution in [1.82, 2.24) is 14.9 Å². The van der Waals surface area contributed by atoms with Crippen LogP contribution in [-0.2, 0) is 11.3 Å². The van der Waals surface area contributed by atoms with E-state index in [9.17, 15) is 9.18 Å². The molecule has 0 unspecified atom stereocenters. The number of benzene rings is 2. The molecule has 1 aromatic heterocycles. The lowest BCUT2D eigenvalue weighted by Crippen LogP contribution is -2.46. The van der Waals surface area contributed by atoms with Crippen LogP contribution < -0.4 is 15.1 Å². The van der Waals surface area contributed by atoms with Crippen molar-refractivity contribution in [2.45, 2.75) is 19.9 Å². The second-order valence-corrected chi connectivity index (χ2v) is 9.29. The van der Waals surface area contributed by atoms with Gasteiger partial charge in [0.25, 0.3) is 0 Å². The highest BCUT2D eigenvalue weighted by atomic mass is 35.5. The molecule has 0 atom stereocenters. The first-order chi connectivity index (χ1) is 17.0. The van der Waals surface area contributed by atoms with Crippen LogP contribution in [0.3, 0.4) is 0 Å². The fourth-order valence-corrected chi connectivity index (χ4v) is 4.71. The number of nitrogens with zero attached hydrogens (tertiary/aromatic N) is 5. The highest BCUT2D eigenvalue weighted by Gasteiger charge is 2.23. The largest absolute Gasteiger partial charge is 0.369 e. The number of carbonyl (C=O) groups excluding carboxylic acids is 1. The number of aromatic nitrogens is 2. The molecule has 2 aliphatic heterocycles. The molecule has 35 heavy (non-hydrogen) atoms. The van der Waals surface area contributed by atoms with Crippen LogP contribution in [0.5, 0.6) is 0 Å². The molecule has 1 saturated heterocycles. The minimum atomic E-state index is -0.382. The van der Waals surface area contributed by atoms with Crippen molar-refractivity contribution in [3.8, 4) is 11.4 Å². The van der Waals surface area contributed by atoms with Crippen molar-refractivity contribution in [3.05, 3.63) is 65.1 Å². The third kappa shape index (κ3) is 5.23. The summed E-state index contributed by atoms with van der Waals surface area (Å²) in [6, 6.07) is 12.9. The minimum Gasteiger partial charge on any atom is -0.369 e. The lowest BCUT2D eigenvalue weighted by Gasteiger charge is -2.35. The Morgan fingerprint density at radius 2 is 1.83 bits per heavy atom. The van der Waals surface area contributed by atoms with Crippen molar-refractivity contribution in [3.63, 3.8) is 0 Å². The Hall–Kier alpha value is -3.23. The summed E-state index contributed by atoms with van der Waals surface area (Å²) in [4.78, 5) is 28.3. The Morgan fingerprint density at radius 1 is 1.06 bits per heavy atom. The number of rotatable bonds is 5. The maximum Gasteiger partial charge on any atom is 0.226 e. The van der Waals surface area contributed by atoms with E-state index in [2.05, 4.69) is 39.2 Å². The Labute approximate surface area is 209 Å². The van der Waals surface area contributed by atoms with Gasteiger partial charge in [-0.1, -0.05) is 24.6 Å². The van der Waals surface area contributed by atoms with Gasteiger partial charge >= 0.3 is 0 Å². The number of fused-ring (bicyclic) bond motifs is 1. The number of amides is 1. The minimum absolute atomic E-state index is 0.116. The zero-order chi connectivity index (χ0) is 24.4. The molecule has 182 valence electrons. The monoisotopic (exact) mass is 494 g/mol. The molecular weight excluding hydrogens is 467 g/mol. The second kappa shape index (κ2) is 10.2. The van der Waals surface area contributed by atoms with Crippen molar-refractivity contribution in [2.24, 2.45) is 0 Å². The highest BCUT2D eigenvalue weighted by molar-refractivity contribution is 6.30. The van der Waals surface area contributed by atoms with Gasteiger partial charge < -0.3 is 20.0 Å². The van der Waals surface area contributed by atoms with Crippen LogP contribution in [0.2, 0.25) is 5.02 Å². The van der Waals surface area contributed by atoms with Crippen molar-refractivity contribution in [2.75, 3.05) is 54.4 Å². The van der Waals surface area contributed by atoms with Gasteiger partial charge in [-0.25, -0.2) is 14.4 Å². The van der Waals surface area contributed by atoms with E-state index in [4.69, 9.17) is 16.6 Å². The molecule has 0 spiro atoms. The van der Waals surface area contributed by atoms with Gasteiger partial charge in [0.2, 0.25) is 5.91 Å². The molecule has 2 aromatic carbocycles. The number of carbonyl (C=O) groups is 1. The standard InChI is InChI=1S/C26H28ClFN6O/c1-2-32-11-13-33(14-12-32)21-7-4-18(5-8-21)25-29-16-23-26(31-25)34(10-9-24(35)30-23)17-19-3-6-20(27)15-22(19)28/h3-8,15-16H,2,9-14,17H2,1H3,(H,30,35). The van der Waals surface area contributed by atoms with Gasteiger partial charge in [0, 0.05) is 67.5 Å². The summed E-state index contributed by atoms with van der Waals surface area (Å²) in [6.45, 7) is 8.14. The van der Waals surface area contributed by atoms with E-state index in [1.165, 1.54) is 11.8 Å². The normalized spacial score (nSPS) is 16.6. The first-order valence-electron chi connectivity index (χ1n) is 11.9. The molecule has 2 aliphatic rings. The number of piperazine rings is 1. The van der Waals surface area contributed by atoms with Crippen LogP contribution in [0.25, 0.3) is 11.4 Å². The van der Waals surface area contributed by atoms with Crippen LogP contribution in [-0.4, -0.2) is 60.0 Å². The van der Waals surface area contributed by atoms with Crippen molar-refractivity contribution >= 4 is 34.7 Å². The molecule has 1 amide bonds. The summed E-state index contributed by atoms with van der Waals surface area (Å²) in [5, 5.41) is 3.22. The third-order valence-corrected chi connectivity index (χ3v) is 6.87. The Kier molecular flexibility index (Phi) is 6.83. The zero-order valence-electron chi connectivity index (χ0n) is 19.7. The van der Waals surface area contributed by atoms with Crippen LogP contribution >= 0.6 is 11.6 Å². The summed E-state index contributed by atoms with van der Waals surface area (Å²) >= 11 is 5.91. The summed E-state index contributed by atoms with van der Waals surface area (Å²) in [6.07, 6.45) is 1.91. The number of hydrogen-bond acceptors (Lipinski definition) is 6. The smallest absolute Gasteiger partial charge is 0.226 e. The number of nitrogens with one attached hydrogen (secondary N) is 1. The van der Waals surface area contributed by atoms with Crippen molar-refractivity contribution in [1.29, 1.82) is 0 Å². The predicted octanol–water partition coefficient (Wildman–Crippen LogP) is 4.43.